The number of rotatable bonds is 13. The van der Waals surface area contributed by atoms with E-state index in [0.717, 1.165) is 5.32 Å². The topological polar surface area (TPSA) is 34.2 Å². The van der Waals surface area contributed by atoms with E-state index in [1.807, 2.05) is 20.8 Å². The zero-order valence-corrected chi connectivity index (χ0v) is 27.3. The number of benzene rings is 2. The van der Waals surface area contributed by atoms with Gasteiger partial charge in [-0.25, -0.2) is 0 Å². The molecule has 0 atom stereocenters. The maximum Gasteiger partial charge on any atom is 0.556 e. The van der Waals surface area contributed by atoms with E-state index in [4.69, 9.17) is 13.3 Å². The summed E-state index contributed by atoms with van der Waals surface area (Å²) in [5.74, 6) is 1.52. The molecule has 0 saturated heterocycles. The molecule has 0 bridgehead atoms. The summed E-state index contributed by atoms with van der Waals surface area (Å²) < 4.78 is 19.6. The minimum atomic E-state index is -3.24. The monoisotopic (exact) mass is 552 g/mol. The third-order valence-electron chi connectivity index (χ3n) is 7.42. The van der Waals surface area contributed by atoms with Gasteiger partial charge in [0.15, 0.2) is 0 Å². The molecule has 0 fully saturated rings. The minimum Gasteiger partial charge on any atom is -0.369 e. The summed E-state index contributed by atoms with van der Waals surface area (Å²) in [4.78, 5) is 4.89. The molecule has 1 heterocycles. The second-order valence-electron chi connectivity index (χ2n) is 11.6. The fraction of sp³-hybridized carbons (Fsp3) is 0.576. The van der Waals surface area contributed by atoms with Crippen LogP contribution in [0.5, 0.6) is 0 Å². The molecular formula is C33H52N2O3Si. The lowest BCUT2D eigenvalue weighted by atomic mass is 9.91. The van der Waals surface area contributed by atoms with Gasteiger partial charge in [0, 0.05) is 37.4 Å². The molecule has 0 aliphatic carbocycles. The van der Waals surface area contributed by atoms with Crippen molar-refractivity contribution in [3.63, 3.8) is 0 Å². The summed E-state index contributed by atoms with van der Waals surface area (Å²) in [6.45, 7) is 26.6. The normalized spacial score (nSPS) is 14.5. The minimum absolute atomic E-state index is 0.366. The Morgan fingerprint density at radius 3 is 1.31 bits per heavy atom. The fourth-order valence-electron chi connectivity index (χ4n) is 5.64. The molecule has 1 aliphatic heterocycles. The molecular weight excluding hydrogens is 500 g/mol. The molecule has 0 amide bonds. The zero-order valence-electron chi connectivity index (χ0n) is 26.3. The molecule has 5 nitrogen and oxygen atoms in total. The van der Waals surface area contributed by atoms with Crippen LogP contribution in [0.1, 0.15) is 122 Å². The van der Waals surface area contributed by atoms with Crippen molar-refractivity contribution in [2.45, 2.75) is 99.8 Å². The van der Waals surface area contributed by atoms with Gasteiger partial charge in [0.2, 0.25) is 0 Å². The van der Waals surface area contributed by atoms with Crippen LogP contribution in [0, 0.1) is 0 Å². The highest BCUT2D eigenvalue weighted by atomic mass is 28.4. The molecule has 2 aromatic rings. The highest BCUT2D eigenvalue weighted by Gasteiger charge is 2.52. The summed E-state index contributed by atoms with van der Waals surface area (Å²) in [6.07, 6.45) is 2.28. The Bertz CT molecular complexity index is 1060. The average molecular weight is 553 g/mol. The first-order valence-electron chi connectivity index (χ1n) is 15.0. The van der Waals surface area contributed by atoms with Gasteiger partial charge in [0.05, 0.1) is 6.67 Å². The van der Waals surface area contributed by atoms with Crippen LogP contribution < -0.4 is 9.80 Å². The van der Waals surface area contributed by atoms with Crippen LogP contribution in [0.25, 0.3) is 0 Å². The van der Waals surface area contributed by atoms with E-state index in [1.54, 1.807) is 0 Å². The van der Waals surface area contributed by atoms with Crippen LogP contribution in [0.3, 0.4) is 0 Å². The van der Waals surface area contributed by atoms with Crippen LogP contribution in [-0.2, 0) is 13.3 Å². The lowest BCUT2D eigenvalue weighted by Gasteiger charge is -2.37. The first-order valence-corrected chi connectivity index (χ1v) is 16.7. The van der Waals surface area contributed by atoms with Crippen molar-refractivity contribution < 1.29 is 13.3 Å². The van der Waals surface area contributed by atoms with Crippen molar-refractivity contribution >= 4 is 20.2 Å². The van der Waals surface area contributed by atoms with Crippen LogP contribution in [-0.4, -0.2) is 35.3 Å². The lowest BCUT2D eigenvalue weighted by Crippen LogP contribution is -2.53. The van der Waals surface area contributed by atoms with Crippen LogP contribution in [0.2, 0.25) is 0 Å². The summed E-state index contributed by atoms with van der Waals surface area (Å²) in [5.41, 5.74) is 7.95. The molecule has 216 valence electrons. The molecule has 0 unspecified atom stereocenters. The number of anilines is 2. The molecule has 0 saturated carbocycles. The summed E-state index contributed by atoms with van der Waals surface area (Å²) >= 11 is 0. The number of hydrogen-bond acceptors (Lipinski definition) is 5. The van der Waals surface area contributed by atoms with Gasteiger partial charge in [-0.05, 0) is 66.7 Å². The largest absolute Gasteiger partial charge is 0.556 e. The number of hydrogen-bond donors (Lipinski definition) is 0. The summed E-state index contributed by atoms with van der Waals surface area (Å²) in [5, 5.41) is 1.02. The number of nitrogens with zero attached hydrogens (tertiary/aromatic N) is 2. The Labute approximate surface area is 239 Å². The van der Waals surface area contributed by atoms with Crippen LogP contribution in [0.15, 0.2) is 47.9 Å². The van der Waals surface area contributed by atoms with Crippen LogP contribution in [0.4, 0.5) is 11.4 Å². The Morgan fingerprint density at radius 1 is 0.615 bits per heavy atom. The summed E-state index contributed by atoms with van der Waals surface area (Å²) in [6, 6.07) is 13.5. The van der Waals surface area contributed by atoms with Crippen molar-refractivity contribution in [1.82, 2.24) is 0 Å². The van der Waals surface area contributed by atoms with E-state index in [1.165, 1.54) is 33.6 Å². The molecule has 0 aromatic heterocycles. The van der Waals surface area contributed by atoms with Crippen molar-refractivity contribution in [3.8, 4) is 0 Å². The maximum absolute atomic E-state index is 6.54. The Morgan fingerprint density at radius 2 is 0.974 bits per heavy atom. The quantitative estimate of drug-likeness (QED) is 0.232. The first-order chi connectivity index (χ1) is 18.5. The number of para-hydroxylation sites is 2. The van der Waals surface area contributed by atoms with Crippen molar-refractivity contribution in [3.05, 3.63) is 70.2 Å². The standard InChI is InChI=1S/C33H52N2O3Si/c1-12-36-39(37-13-2,38-14-3)31-21-34(32-27(23(4)5)17-15-18-28(32)24(6)7)22-35(31)33-29(25(8)9)19-16-20-30(33)26(10)11/h15-21,23-26H,12-14,22H2,1-11H3. The predicted molar refractivity (Wildman–Crippen MR) is 168 cm³/mol. The molecule has 3 rings (SSSR count). The van der Waals surface area contributed by atoms with Gasteiger partial charge in [-0.2, -0.15) is 0 Å². The van der Waals surface area contributed by atoms with E-state index in [9.17, 15) is 0 Å². The molecule has 0 N–H and O–H groups in total. The second-order valence-corrected chi connectivity index (χ2v) is 14.1. The smallest absolute Gasteiger partial charge is 0.369 e. The van der Waals surface area contributed by atoms with E-state index in [-0.39, 0.29) is 0 Å². The predicted octanol–water partition coefficient (Wildman–Crippen LogP) is 8.89. The highest BCUT2D eigenvalue weighted by molar-refractivity contribution is 6.69. The van der Waals surface area contributed by atoms with E-state index >= 15 is 0 Å². The van der Waals surface area contributed by atoms with Crippen molar-refractivity contribution in [2.75, 3.05) is 36.3 Å². The zero-order chi connectivity index (χ0) is 28.9. The average Bonchev–Trinajstić information content (AvgIpc) is 3.33. The second kappa shape index (κ2) is 13.5. The molecule has 2 aromatic carbocycles. The van der Waals surface area contributed by atoms with Crippen molar-refractivity contribution in [1.29, 1.82) is 0 Å². The Kier molecular flexibility index (Phi) is 10.9. The van der Waals surface area contributed by atoms with E-state index < -0.39 is 8.80 Å². The molecule has 6 heteroatoms. The van der Waals surface area contributed by atoms with Gasteiger partial charge in [-0.1, -0.05) is 91.8 Å². The Hall–Kier alpha value is -2.12. The fourth-order valence-corrected chi connectivity index (χ4v) is 8.30. The first kappa shape index (κ1) is 31.4. The van der Waals surface area contributed by atoms with Gasteiger partial charge >= 0.3 is 8.80 Å². The van der Waals surface area contributed by atoms with Gasteiger partial charge in [-0.3, -0.25) is 0 Å². The van der Waals surface area contributed by atoms with Crippen LogP contribution >= 0.6 is 0 Å². The lowest BCUT2D eigenvalue weighted by molar-refractivity contribution is 0.0803. The maximum atomic E-state index is 6.54. The third-order valence-corrected chi connectivity index (χ3v) is 10.5. The molecule has 0 radical (unpaired) electrons. The van der Waals surface area contributed by atoms with E-state index in [0.29, 0.717) is 50.2 Å². The van der Waals surface area contributed by atoms with E-state index in [2.05, 4.69) is 108 Å². The molecule has 1 aliphatic rings. The van der Waals surface area contributed by atoms with Crippen molar-refractivity contribution in [2.24, 2.45) is 0 Å². The third kappa shape index (κ3) is 6.45. The Balaban J connectivity index is 2.38. The SMILES string of the molecule is CCO[Si](OCC)(OCC)C1=CN(c2c(C(C)C)cccc2C(C)C)CN1c1c(C(C)C)cccc1C(C)C. The van der Waals surface area contributed by atoms with Gasteiger partial charge < -0.3 is 23.1 Å². The van der Waals surface area contributed by atoms with Gasteiger partial charge in [0.25, 0.3) is 0 Å². The van der Waals surface area contributed by atoms with Gasteiger partial charge in [0.1, 0.15) is 5.32 Å². The molecule has 0 spiro atoms. The summed E-state index contributed by atoms with van der Waals surface area (Å²) in [7, 11) is -3.24. The highest BCUT2D eigenvalue weighted by Crippen LogP contribution is 2.44. The van der Waals surface area contributed by atoms with Gasteiger partial charge in [-0.15, -0.1) is 0 Å². The molecule has 39 heavy (non-hydrogen) atoms.